The molecule has 0 spiro atoms. The molecule has 0 aliphatic carbocycles. The number of methoxy groups -OCH3 is 2. The fourth-order valence-electron chi connectivity index (χ4n) is 3.77. The number of carbonyl (C=O) groups is 1. The minimum absolute atomic E-state index is 0.0292. The Kier molecular flexibility index (Phi) is 4.25. The number of ether oxygens (including phenoxy) is 4. The number of Topliss-reactive ketones (excluding diaryl/α,β-unsaturated/α-hetero) is 1. The van der Waals surface area contributed by atoms with Crippen molar-refractivity contribution in [1.29, 1.82) is 0 Å². The molecular formula is C22H24O5. The summed E-state index contributed by atoms with van der Waals surface area (Å²) < 4.78 is 23.2. The fourth-order valence-corrected chi connectivity index (χ4v) is 3.77. The van der Waals surface area contributed by atoms with Gasteiger partial charge >= 0.3 is 0 Å². The van der Waals surface area contributed by atoms with Crippen molar-refractivity contribution in [2.24, 2.45) is 0 Å². The van der Waals surface area contributed by atoms with Gasteiger partial charge < -0.3 is 18.9 Å². The topological polar surface area (TPSA) is 54.0 Å². The Bertz CT molecular complexity index is 883. The summed E-state index contributed by atoms with van der Waals surface area (Å²) in [5, 5.41) is 0. The van der Waals surface area contributed by atoms with E-state index in [0.717, 1.165) is 35.5 Å². The zero-order valence-corrected chi connectivity index (χ0v) is 16.1. The molecule has 5 nitrogen and oxygen atoms in total. The van der Waals surface area contributed by atoms with Gasteiger partial charge in [-0.05, 0) is 44.4 Å². The lowest BCUT2D eigenvalue weighted by Crippen LogP contribution is -2.33. The Morgan fingerprint density at radius 2 is 1.85 bits per heavy atom. The van der Waals surface area contributed by atoms with Crippen molar-refractivity contribution in [3.05, 3.63) is 47.0 Å². The van der Waals surface area contributed by atoms with Crippen LogP contribution in [0.1, 0.15) is 54.3 Å². The van der Waals surface area contributed by atoms with Gasteiger partial charge in [0.25, 0.3) is 0 Å². The second-order valence-corrected chi connectivity index (χ2v) is 7.63. The van der Waals surface area contributed by atoms with Crippen molar-refractivity contribution in [3.63, 3.8) is 0 Å². The van der Waals surface area contributed by atoms with Crippen LogP contribution < -0.4 is 18.9 Å². The van der Waals surface area contributed by atoms with Crippen LogP contribution in [0.15, 0.2) is 30.3 Å². The van der Waals surface area contributed by atoms with Crippen molar-refractivity contribution in [3.8, 4) is 23.0 Å². The van der Waals surface area contributed by atoms with E-state index in [1.54, 1.807) is 14.2 Å². The van der Waals surface area contributed by atoms with E-state index in [2.05, 4.69) is 13.8 Å². The lowest BCUT2D eigenvalue weighted by atomic mass is 9.88. The van der Waals surface area contributed by atoms with Crippen LogP contribution in [0.5, 0.6) is 23.0 Å². The molecular weight excluding hydrogens is 344 g/mol. The molecule has 2 aliphatic rings. The molecule has 0 N–H and O–H groups in total. The van der Waals surface area contributed by atoms with E-state index in [0.29, 0.717) is 17.1 Å². The number of hydrogen-bond acceptors (Lipinski definition) is 5. The molecule has 0 saturated carbocycles. The zero-order valence-electron chi connectivity index (χ0n) is 16.1. The van der Waals surface area contributed by atoms with Gasteiger partial charge in [0, 0.05) is 11.6 Å². The average Bonchev–Trinajstić information content (AvgIpc) is 2.66. The standard InChI is InChI=1S/C22H24O5/c1-22(2)10-9-15-18(27-22)12-19(25-4)20-16(23)11-17(26-21(15)20)13-5-7-14(24-3)8-6-13/h5-8,12,17H,9-11H2,1-4H3. The van der Waals surface area contributed by atoms with Gasteiger partial charge in [-0.1, -0.05) is 12.1 Å². The molecule has 0 bridgehead atoms. The molecule has 0 fully saturated rings. The Morgan fingerprint density at radius 3 is 2.52 bits per heavy atom. The second-order valence-electron chi connectivity index (χ2n) is 7.63. The lowest BCUT2D eigenvalue weighted by Gasteiger charge is -2.36. The Balaban J connectivity index is 1.77. The van der Waals surface area contributed by atoms with Crippen molar-refractivity contribution < 1.29 is 23.7 Å². The van der Waals surface area contributed by atoms with E-state index in [1.165, 1.54) is 0 Å². The second kappa shape index (κ2) is 6.48. The highest BCUT2D eigenvalue weighted by Gasteiger charge is 2.37. The smallest absolute Gasteiger partial charge is 0.174 e. The molecule has 0 saturated heterocycles. The summed E-state index contributed by atoms with van der Waals surface area (Å²) in [6, 6.07) is 9.46. The number of rotatable bonds is 3. The van der Waals surface area contributed by atoms with Crippen LogP contribution in [0.2, 0.25) is 0 Å². The number of carbonyl (C=O) groups excluding carboxylic acids is 1. The van der Waals surface area contributed by atoms with Gasteiger partial charge in [-0.15, -0.1) is 0 Å². The van der Waals surface area contributed by atoms with Crippen LogP contribution in [-0.2, 0) is 6.42 Å². The molecule has 0 amide bonds. The normalized spacial score (nSPS) is 20.0. The monoisotopic (exact) mass is 368 g/mol. The number of hydrogen-bond donors (Lipinski definition) is 0. The summed E-state index contributed by atoms with van der Waals surface area (Å²) >= 11 is 0. The molecule has 0 aromatic heterocycles. The number of benzene rings is 2. The van der Waals surface area contributed by atoms with Crippen molar-refractivity contribution >= 4 is 5.78 Å². The number of ketones is 1. The molecule has 27 heavy (non-hydrogen) atoms. The highest BCUT2D eigenvalue weighted by molar-refractivity contribution is 6.03. The summed E-state index contributed by atoms with van der Waals surface area (Å²) in [6.45, 7) is 4.13. The van der Waals surface area contributed by atoms with E-state index in [9.17, 15) is 4.79 Å². The van der Waals surface area contributed by atoms with Crippen molar-refractivity contribution in [1.82, 2.24) is 0 Å². The first-order valence-electron chi connectivity index (χ1n) is 9.18. The van der Waals surface area contributed by atoms with E-state index in [1.807, 2.05) is 30.3 Å². The fraction of sp³-hybridized carbons (Fsp3) is 0.409. The maximum atomic E-state index is 13.0. The average molecular weight is 368 g/mol. The van der Waals surface area contributed by atoms with E-state index in [-0.39, 0.29) is 23.9 Å². The molecule has 2 heterocycles. The van der Waals surface area contributed by atoms with Gasteiger partial charge in [0.15, 0.2) is 5.78 Å². The molecule has 2 aromatic carbocycles. The summed E-state index contributed by atoms with van der Waals surface area (Å²) in [5.74, 6) is 2.67. The van der Waals surface area contributed by atoms with Gasteiger partial charge in [-0.25, -0.2) is 0 Å². The zero-order chi connectivity index (χ0) is 19.2. The third-order valence-corrected chi connectivity index (χ3v) is 5.29. The predicted molar refractivity (Wildman–Crippen MR) is 101 cm³/mol. The summed E-state index contributed by atoms with van der Waals surface area (Å²) in [4.78, 5) is 13.0. The minimum atomic E-state index is -0.331. The molecule has 0 radical (unpaired) electrons. The van der Waals surface area contributed by atoms with Crippen LogP contribution in [0, 0.1) is 0 Å². The van der Waals surface area contributed by atoms with E-state index >= 15 is 0 Å². The van der Waals surface area contributed by atoms with Crippen LogP contribution in [0.25, 0.3) is 0 Å². The molecule has 142 valence electrons. The summed E-state index contributed by atoms with van der Waals surface area (Å²) in [6.07, 6.45) is 1.61. The SMILES string of the molecule is COc1ccc(C2CC(=O)c3c(OC)cc4c(c3O2)CCC(C)(C)O4)cc1. The highest BCUT2D eigenvalue weighted by atomic mass is 16.5. The maximum Gasteiger partial charge on any atom is 0.174 e. The quantitative estimate of drug-likeness (QED) is 0.798. The molecule has 2 aliphatic heterocycles. The van der Waals surface area contributed by atoms with Gasteiger partial charge in [-0.3, -0.25) is 4.79 Å². The first-order valence-corrected chi connectivity index (χ1v) is 9.18. The molecule has 2 aromatic rings. The molecule has 1 unspecified atom stereocenters. The van der Waals surface area contributed by atoms with Gasteiger partial charge in [0.2, 0.25) is 0 Å². The molecule has 5 heteroatoms. The first-order chi connectivity index (χ1) is 12.9. The third-order valence-electron chi connectivity index (χ3n) is 5.29. The van der Waals surface area contributed by atoms with E-state index < -0.39 is 0 Å². The largest absolute Gasteiger partial charge is 0.497 e. The summed E-state index contributed by atoms with van der Waals surface area (Å²) in [5.41, 5.74) is 2.18. The predicted octanol–water partition coefficient (Wildman–Crippen LogP) is 4.51. The maximum absolute atomic E-state index is 13.0. The van der Waals surface area contributed by atoms with E-state index in [4.69, 9.17) is 18.9 Å². The molecule has 4 rings (SSSR count). The van der Waals surface area contributed by atoms with Crippen LogP contribution in [-0.4, -0.2) is 25.6 Å². The van der Waals surface area contributed by atoms with Crippen LogP contribution in [0.4, 0.5) is 0 Å². The van der Waals surface area contributed by atoms with Gasteiger partial charge in [0.05, 0.1) is 20.6 Å². The van der Waals surface area contributed by atoms with Crippen LogP contribution in [0.3, 0.4) is 0 Å². The minimum Gasteiger partial charge on any atom is -0.497 e. The van der Waals surface area contributed by atoms with Crippen molar-refractivity contribution in [2.75, 3.05) is 14.2 Å². The Hall–Kier alpha value is -2.69. The number of fused-ring (bicyclic) bond motifs is 3. The Morgan fingerprint density at radius 1 is 1.11 bits per heavy atom. The van der Waals surface area contributed by atoms with Gasteiger partial charge in [0.1, 0.15) is 40.3 Å². The lowest BCUT2D eigenvalue weighted by molar-refractivity contribution is 0.0758. The molecule has 1 atom stereocenters. The van der Waals surface area contributed by atoms with Gasteiger partial charge in [-0.2, -0.15) is 0 Å². The first kappa shape index (κ1) is 17.7. The highest BCUT2D eigenvalue weighted by Crippen LogP contribution is 2.49. The Labute approximate surface area is 159 Å². The van der Waals surface area contributed by atoms with Crippen molar-refractivity contribution in [2.45, 2.75) is 44.8 Å². The summed E-state index contributed by atoms with van der Waals surface area (Å²) in [7, 11) is 3.20. The van der Waals surface area contributed by atoms with Crippen LogP contribution >= 0.6 is 0 Å². The third kappa shape index (κ3) is 3.11.